The normalized spacial score (nSPS) is 10.2. The van der Waals surface area contributed by atoms with Crippen molar-refractivity contribution in [2.45, 2.75) is 6.92 Å². The first-order valence-electron chi connectivity index (χ1n) is 6.02. The van der Waals surface area contributed by atoms with Gasteiger partial charge in [-0.15, -0.1) is 0 Å². The SMILES string of the molecule is Cc1ccc(NC(=O)c2ccc(Br)c(O)c2)c(C(=O)O)c1. The van der Waals surface area contributed by atoms with Crippen LogP contribution in [0.3, 0.4) is 0 Å². The number of aryl methyl sites for hydroxylation is 1. The van der Waals surface area contributed by atoms with Gasteiger partial charge < -0.3 is 15.5 Å². The standard InChI is InChI=1S/C15H12BrNO4/c1-8-2-5-12(10(6-8)15(20)21)17-14(19)9-3-4-11(16)13(18)7-9/h2-7,18H,1H3,(H,17,19)(H,20,21). The maximum Gasteiger partial charge on any atom is 0.337 e. The Morgan fingerprint density at radius 3 is 2.48 bits per heavy atom. The topological polar surface area (TPSA) is 86.6 Å². The zero-order valence-corrected chi connectivity index (χ0v) is 12.6. The fourth-order valence-corrected chi connectivity index (χ4v) is 2.04. The van der Waals surface area contributed by atoms with Crippen molar-refractivity contribution in [1.29, 1.82) is 0 Å². The van der Waals surface area contributed by atoms with Crippen molar-refractivity contribution in [2.24, 2.45) is 0 Å². The maximum absolute atomic E-state index is 12.1. The largest absolute Gasteiger partial charge is 0.507 e. The second kappa shape index (κ2) is 5.97. The smallest absolute Gasteiger partial charge is 0.337 e. The molecule has 0 radical (unpaired) electrons. The number of carboxylic acids is 1. The monoisotopic (exact) mass is 349 g/mol. The minimum absolute atomic E-state index is 0.0182. The van der Waals surface area contributed by atoms with Crippen LogP contribution in [0.1, 0.15) is 26.3 Å². The number of rotatable bonds is 3. The van der Waals surface area contributed by atoms with Gasteiger partial charge in [-0.05, 0) is 53.2 Å². The van der Waals surface area contributed by atoms with Crippen LogP contribution in [-0.4, -0.2) is 22.1 Å². The molecule has 0 aliphatic carbocycles. The molecule has 0 aliphatic rings. The molecule has 2 aromatic rings. The number of carboxylic acid groups (broad SMARTS) is 1. The van der Waals surface area contributed by atoms with Crippen molar-refractivity contribution in [3.05, 3.63) is 57.6 Å². The summed E-state index contributed by atoms with van der Waals surface area (Å²) >= 11 is 3.12. The van der Waals surface area contributed by atoms with Gasteiger partial charge in [-0.1, -0.05) is 11.6 Å². The second-order valence-electron chi connectivity index (χ2n) is 4.47. The van der Waals surface area contributed by atoms with E-state index in [0.29, 0.717) is 4.47 Å². The van der Waals surface area contributed by atoms with E-state index in [-0.39, 0.29) is 22.6 Å². The predicted molar refractivity (Wildman–Crippen MR) is 81.9 cm³/mol. The average molecular weight is 350 g/mol. The van der Waals surface area contributed by atoms with Crippen molar-refractivity contribution in [2.75, 3.05) is 5.32 Å². The fraction of sp³-hybridized carbons (Fsp3) is 0.0667. The van der Waals surface area contributed by atoms with Gasteiger partial charge in [0.1, 0.15) is 5.75 Å². The van der Waals surface area contributed by atoms with Gasteiger partial charge in [-0.25, -0.2) is 4.79 Å². The Balaban J connectivity index is 2.31. The summed E-state index contributed by atoms with van der Waals surface area (Å²) in [5, 5.41) is 21.3. The highest BCUT2D eigenvalue weighted by molar-refractivity contribution is 9.10. The lowest BCUT2D eigenvalue weighted by atomic mass is 10.1. The third kappa shape index (κ3) is 3.41. The molecule has 2 aromatic carbocycles. The average Bonchev–Trinajstić information content (AvgIpc) is 2.43. The lowest BCUT2D eigenvalue weighted by molar-refractivity contribution is 0.0698. The number of halogens is 1. The Kier molecular flexibility index (Phi) is 4.28. The van der Waals surface area contributed by atoms with E-state index in [1.165, 1.54) is 30.3 Å². The molecule has 1 amide bonds. The Morgan fingerprint density at radius 2 is 1.86 bits per heavy atom. The molecule has 3 N–H and O–H groups in total. The van der Waals surface area contributed by atoms with E-state index in [0.717, 1.165) is 5.56 Å². The molecule has 0 saturated heterocycles. The highest BCUT2D eigenvalue weighted by atomic mass is 79.9. The number of aromatic hydroxyl groups is 1. The van der Waals surface area contributed by atoms with Crippen LogP contribution >= 0.6 is 15.9 Å². The number of phenolic OH excluding ortho intramolecular Hbond substituents is 1. The van der Waals surface area contributed by atoms with E-state index >= 15 is 0 Å². The number of amides is 1. The lowest BCUT2D eigenvalue weighted by Crippen LogP contribution is -2.15. The maximum atomic E-state index is 12.1. The van der Waals surface area contributed by atoms with Crippen LogP contribution in [-0.2, 0) is 0 Å². The highest BCUT2D eigenvalue weighted by Gasteiger charge is 2.14. The molecule has 108 valence electrons. The number of hydrogen-bond donors (Lipinski definition) is 3. The van der Waals surface area contributed by atoms with E-state index < -0.39 is 11.9 Å². The zero-order chi connectivity index (χ0) is 15.6. The Hall–Kier alpha value is -2.34. The molecule has 0 heterocycles. The minimum Gasteiger partial charge on any atom is -0.507 e. The van der Waals surface area contributed by atoms with Gasteiger partial charge in [0.05, 0.1) is 15.7 Å². The second-order valence-corrected chi connectivity index (χ2v) is 5.33. The predicted octanol–water partition coefficient (Wildman–Crippen LogP) is 3.41. The number of carbonyl (C=O) groups excluding carboxylic acids is 1. The fourth-order valence-electron chi connectivity index (χ4n) is 1.79. The Labute approximate surface area is 129 Å². The number of anilines is 1. The molecular weight excluding hydrogens is 338 g/mol. The summed E-state index contributed by atoms with van der Waals surface area (Å²) in [6.45, 7) is 1.77. The summed E-state index contributed by atoms with van der Waals surface area (Å²) in [5.41, 5.74) is 1.24. The highest BCUT2D eigenvalue weighted by Crippen LogP contribution is 2.25. The molecule has 0 aliphatic heterocycles. The van der Waals surface area contributed by atoms with Crippen molar-refractivity contribution >= 4 is 33.5 Å². The number of phenols is 1. The van der Waals surface area contributed by atoms with Crippen molar-refractivity contribution in [1.82, 2.24) is 0 Å². The number of carbonyl (C=O) groups is 2. The van der Waals surface area contributed by atoms with Crippen LogP contribution < -0.4 is 5.32 Å². The number of hydrogen-bond acceptors (Lipinski definition) is 3. The van der Waals surface area contributed by atoms with E-state index in [9.17, 15) is 14.7 Å². The van der Waals surface area contributed by atoms with Gasteiger partial charge in [0.2, 0.25) is 0 Å². The first-order valence-corrected chi connectivity index (χ1v) is 6.81. The summed E-state index contributed by atoms with van der Waals surface area (Å²) in [6.07, 6.45) is 0. The lowest BCUT2D eigenvalue weighted by Gasteiger charge is -2.10. The van der Waals surface area contributed by atoms with E-state index in [1.807, 2.05) is 0 Å². The molecule has 2 rings (SSSR count). The number of aromatic carboxylic acids is 1. The summed E-state index contributed by atoms with van der Waals surface area (Å²) in [6, 6.07) is 9.09. The molecule has 0 unspecified atom stereocenters. The first-order chi connectivity index (χ1) is 9.88. The quantitative estimate of drug-likeness (QED) is 0.792. The van der Waals surface area contributed by atoms with Gasteiger partial charge in [-0.2, -0.15) is 0 Å². The molecule has 6 heteroatoms. The van der Waals surface area contributed by atoms with Crippen LogP contribution in [0.25, 0.3) is 0 Å². The van der Waals surface area contributed by atoms with Gasteiger partial charge >= 0.3 is 5.97 Å². The molecule has 0 aromatic heterocycles. The zero-order valence-electron chi connectivity index (χ0n) is 11.1. The van der Waals surface area contributed by atoms with E-state index in [4.69, 9.17) is 5.11 Å². The van der Waals surface area contributed by atoms with Crippen molar-refractivity contribution < 1.29 is 19.8 Å². The number of benzene rings is 2. The molecule has 0 atom stereocenters. The molecule has 0 spiro atoms. The van der Waals surface area contributed by atoms with Gasteiger partial charge in [-0.3, -0.25) is 4.79 Å². The summed E-state index contributed by atoms with van der Waals surface area (Å²) in [5.74, 6) is -1.68. The van der Waals surface area contributed by atoms with Crippen LogP contribution in [0, 0.1) is 6.92 Å². The molecule has 0 bridgehead atoms. The van der Waals surface area contributed by atoms with Crippen molar-refractivity contribution in [3.8, 4) is 5.75 Å². The van der Waals surface area contributed by atoms with E-state index in [1.54, 1.807) is 13.0 Å². The summed E-state index contributed by atoms with van der Waals surface area (Å²) in [7, 11) is 0. The first kappa shape index (κ1) is 15.1. The van der Waals surface area contributed by atoms with Crippen LogP contribution in [0.2, 0.25) is 0 Å². The molecule has 0 fully saturated rings. The van der Waals surface area contributed by atoms with Crippen LogP contribution in [0.4, 0.5) is 5.69 Å². The van der Waals surface area contributed by atoms with E-state index in [2.05, 4.69) is 21.2 Å². The van der Waals surface area contributed by atoms with Crippen LogP contribution in [0.5, 0.6) is 5.75 Å². The van der Waals surface area contributed by atoms with Crippen molar-refractivity contribution in [3.63, 3.8) is 0 Å². The number of nitrogens with one attached hydrogen (secondary N) is 1. The summed E-state index contributed by atoms with van der Waals surface area (Å²) in [4.78, 5) is 23.3. The third-order valence-electron chi connectivity index (χ3n) is 2.86. The minimum atomic E-state index is -1.12. The molecule has 5 nitrogen and oxygen atoms in total. The Bertz CT molecular complexity index is 728. The van der Waals surface area contributed by atoms with Gasteiger partial charge in [0.15, 0.2) is 0 Å². The Morgan fingerprint density at radius 1 is 1.14 bits per heavy atom. The molecular formula is C15H12BrNO4. The molecule has 0 saturated carbocycles. The third-order valence-corrected chi connectivity index (χ3v) is 3.53. The van der Waals surface area contributed by atoms with Crippen LogP contribution in [0.15, 0.2) is 40.9 Å². The molecule has 21 heavy (non-hydrogen) atoms. The summed E-state index contributed by atoms with van der Waals surface area (Å²) < 4.78 is 0.473. The van der Waals surface area contributed by atoms with Gasteiger partial charge in [0.25, 0.3) is 5.91 Å². The van der Waals surface area contributed by atoms with Gasteiger partial charge in [0, 0.05) is 5.56 Å².